The van der Waals surface area contributed by atoms with Gasteiger partial charge in [0, 0.05) is 54.3 Å². The molecule has 1 heterocycles. The summed E-state index contributed by atoms with van der Waals surface area (Å²) in [7, 11) is 0. The van der Waals surface area contributed by atoms with E-state index in [1.54, 1.807) is 0 Å². The Kier molecular flexibility index (Phi) is 10.1. The van der Waals surface area contributed by atoms with Crippen LogP contribution in [0.3, 0.4) is 0 Å². The maximum atomic E-state index is 2.58. The topological polar surface area (TPSA) is 6.48 Å². The monoisotopic (exact) mass is 944 g/mol. The number of hydrogen-bond donors (Lipinski definition) is 0. The van der Waals surface area contributed by atoms with E-state index in [-0.39, 0.29) is 0 Å². The van der Waals surface area contributed by atoms with Crippen LogP contribution in [0.2, 0.25) is 0 Å². The van der Waals surface area contributed by atoms with Gasteiger partial charge in [0.15, 0.2) is 0 Å². The standard InChI is InChI=1S/C69H56N2S/c1-41-21-25-49(33-45(41)5)70(50-26-22-42(2)46(6)34-50)53-29-31-58-55-15-9-10-16-56(55)59-32-30-54(71(51-27-23-43(3)47(7)35-51)52-28-24-44(4)48(8)36-52)38-65(59)69(64(58)37-53)63-19-13-11-17-57(63)61-39-62-60-18-12-14-20-67(60)72-68(62)40-66(61)69/h9-40H,1-8H3. The third-order valence-electron chi connectivity index (χ3n) is 16.4. The van der Waals surface area contributed by atoms with Gasteiger partial charge in [0.25, 0.3) is 0 Å². The van der Waals surface area contributed by atoms with Gasteiger partial charge in [0.05, 0.1) is 5.41 Å². The van der Waals surface area contributed by atoms with E-state index in [0.29, 0.717) is 0 Å². The molecule has 0 saturated carbocycles. The molecule has 1 aromatic heterocycles. The van der Waals surface area contributed by atoms with Crippen LogP contribution >= 0.6 is 11.3 Å². The van der Waals surface area contributed by atoms with Crippen LogP contribution in [0, 0.1) is 55.4 Å². The molecule has 0 amide bonds. The van der Waals surface area contributed by atoms with Crippen LogP contribution in [0.5, 0.6) is 0 Å². The van der Waals surface area contributed by atoms with E-state index in [1.165, 1.54) is 120 Å². The number of thiophene rings is 1. The molecule has 11 aromatic rings. The molecule has 348 valence electrons. The molecule has 0 atom stereocenters. The van der Waals surface area contributed by atoms with E-state index in [0.717, 1.165) is 34.1 Å². The molecule has 1 spiro atoms. The van der Waals surface area contributed by atoms with Crippen molar-refractivity contribution in [3.05, 3.63) is 261 Å². The van der Waals surface area contributed by atoms with Crippen LogP contribution < -0.4 is 9.80 Å². The first kappa shape index (κ1) is 44.0. The van der Waals surface area contributed by atoms with Crippen LogP contribution in [0.1, 0.15) is 66.8 Å². The molecule has 0 aliphatic heterocycles. The molecule has 0 bridgehead atoms. The quantitative estimate of drug-likeness (QED) is 0.164. The number of nitrogens with zero attached hydrogens (tertiary/aromatic N) is 2. The van der Waals surface area contributed by atoms with Gasteiger partial charge in [-0.2, -0.15) is 0 Å². The van der Waals surface area contributed by atoms with Gasteiger partial charge in [-0.1, -0.05) is 103 Å². The largest absolute Gasteiger partial charge is 0.310 e. The molecule has 0 fully saturated rings. The van der Waals surface area contributed by atoms with Crippen LogP contribution in [0.4, 0.5) is 34.1 Å². The van der Waals surface area contributed by atoms with Crippen molar-refractivity contribution in [3.63, 3.8) is 0 Å². The second-order valence-electron chi connectivity index (χ2n) is 20.5. The fourth-order valence-electron chi connectivity index (χ4n) is 12.0. The highest BCUT2D eigenvalue weighted by Gasteiger charge is 2.50. The van der Waals surface area contributed by atoms with Gasteiger partial charge in [-0.05, 0) is 247 Å². The predicted molar refractivity (Wildman–Crippen MR) is 308 cm³/mol. The van der Waals surface area contributed by atoms with Crippen molar-refractivity contribution >= 4 is 65.6 Å². The van der Waals surface area contributed by atoms with E-state index < -0.39 is 5.41 Å². The number of aryl methyl sites for hydroxylation is 8. The normalized spacial score (nSPS) is 12.8. The first-order valence-electron chi connectivity index (χ1n) is 25.3. The molecule has 72 heavy (non-hydrogen) atoms. The molecular formula is C69H56N2S. The molecule has 0 saturated heterocycles. The Labute approximate surface area is 428 Å². The van der Waals surface area contributed by atoms with Crippen LogP contribution in [-0.2, 0) is 5.41 Å². The third-order valence-corrected chi connectivity index (χ3v) is 17.5. The zero-order valence-electron chi connectivity index (χ0n) is 42.3. The van der Waals surface area contributed by atoms with E-state index >= 15 is 0 Å². The van der Waals surface area contributed by atoms with Crippen molar-refractivity contribution in [1.29, 1.82) is 0 Å². The number of hydrogen-bond acceptors (Lipinski definition) is 3. The SMILES string of the molecule is Cc1ccc(N(c2ccc(C)c(C)c2)c2ccc3c(c2)C2(c4cc(N(c5ccc(C)c(C)c5)c5ccc(C)c(C)c5)ccc4-c4ccccc4-3)c3ccccc3-c3cc4c(cc32)sc2ccccc24)cc1C. The highest BCUT2D eigenvalue weighted by atomic mass is 32.1. The predicted octanol–water partition coefficient (Wildman–Crippen LogP) is 19.5. The van der Waals surface area contributed by atoms with E-state index in [9.17, 15) is 0 Å². The second kappa shape index (κ2) is 16.6. The van der Waals surface area contributed by atoms with Crippen molar-refractivity contribution in [3.8, 4) is 33.4 Å². The Balaban J connectivity index is 1.19. The first-order chi connectivity index (χ1) is 35.0. The summed E-state index contributed by atoms with van der Waals surface area (Å²) < 4.78 is 2.62. The average molecular weight is 945 g/mol. The van der Waals surface area contributed by atoms with Crippen molar-refractivity contribution in [1.82, 2.24) is 0 Å². The molecule has 0 unspecified atom stereocenters. The van der Waals surface area contributed by atoms with Crippen molar-refractivity contribution in [2.24, 2.45) is 0 Å². The van der Waals surface area contributed by atoms with Crippen LogP contribution in [-0.4, -0.2) is 0 Å². The van der Waals surface area contributed by atoms with E-state index in [4.69, 9.17) is 0 Å². The lowest BCUT2D eigenvalue weighted by atomic mass is 9.65. The minimum atomic E-state index is -0.748. The number of anilines is 6. The molecule has 2 aliphatic carbocycles. The first-order valence-corrected chi connectivity index (χ1v) is 26.1. The summed E-state index contributed by atoms with van der Waals surface area (Å²) in [5, 5.41) is 2.62. The number of benzene rings is 10. The minimum Gasteiger partial charge on any atom is -0.310 e. The summed E-state index contributed by atoms with van der Waals surface area (Å²) >= 11 is 1.91. The van der Waals surface area contributed by atoms with E-state index in [2.05, 4.69) is 259 Å². The zero-order chi connectivity index (χ0) is 49.2. The summed E-state index contributed by atoms with van der Waals surface area (Å²) in [6, 6.07) is 74.9. The van der Waals surface area contributed by atoms with Gasteiger partial charge in [-0.25, -0.2) is 0 Å². The lowest BCUT2D eigenvalue weighted by Gasteiger charge is -2.37. The van der Waals surface area contributed by atoms with Crippen molar-refractivity contribution in [2.75, 3.05) is 9.80 Å². The molecule has 3 heteroatoms. The summed E-state index contributed by atoms with van der Waals surface area (Å²) in [5.41, 5.74) is 29.0. The summed E-state index contributed by atoms with van der Waals surface area (Å²) in [6.45, 7) is 17.8. The highest BCUT2D eigenvalue weighted by molar-refractivity contribution is 7.25. The summed E-state index contributed by atoms with van der Waals surface area (Å²) in [6.07, 6.45) is 0. The average Bonchev–Trinajstić information content (AvgIpc) is 3.87. The molecule has 10 aromatic carbocycles. The molecule has 0 N–H and O–H groups in total. The minimum absolute atomic E-state index is 0.748. The Hall–Kier alpha value is -7.98. The Morgan fingerprint density at radius 3 is 1.11 bits per heavy atom. The Morgan fingerprint density at radius 1 is 0.264 bits per heavy atom. The summed E-state index contributed by atoms with van der Waals surface area (Å²) in [5.74, 6) is 0. The van der Waals surface area contributed by atoms with Gasteiger partial charge in [-0.3, -0.25) is 0 Å². The van der Waals surface area contributed by atoms with Crippen LogP contribution in [0.25, 0.3) is 53.6 Å². The van der Waals surface area contributed by atoms with Gasteiger partial charge in [0.2, 0.25) is 0 Å². The number of fused-ring (bicyclic) bond motifs is 15. The lowest BCUT2D eigenvalue weighted by molar-refractivity contribution is 0.776. The van der Waals surface area contributed by atoms with Crippen molar-refractivity contribution in [2.45, 2.75) is 60.8 Å². The fraction of sp³-hybridized carbons (Fsp3) is 0.130. The third kappa shape index (κ3) is 6.60. The maximum Gasteiger partial charge on any atom is 0.0727 e. The zero-order valence-corrected chi connectivity index (χ0v) is 43.1. The van der Waals surface area contributed by atoms with Gasteiger partial charge in [-0.15, -0.1) is 11.3 Å². The van der Waals surface area contributed by atoms with Crippen molar-refractivity contribution < 1.29 is 0 Å². The fourth-order valence-corrected chi connectivity index (χ4v) is 13.1. The number of rotatable bonds is 6. The maximum absolute atomic E-state index is 2.58. The van der Waals surface area contributed by atoms with Gasteiger partial charge in [0.1, 0.15) is 0 Å². The Morgan fingerprint density at radius 2 is 0.639 bits per heavy atom. The van der Waals surface area contributed by atoms with Gasteiger partial charge >= 0.3 is 0 Å². The smallest absolute Gasteiger partial charge is 0.0727 e. The second-order valence-corrected chi connectivity index (χ2v) is 21.6. The van der Waals surface area contributed by atoms with Gasteiger partial charge < -0.3 is 9.80 Å². The van der Waals surface area contributed by atoms with Crippen LogP contribution in [0.15, 0.2) is 194 Å². The molecule has 13 rings (SSSR count). The highest BCUT2D eigenvalue weighted by Crippen LogP contribution is 2.64. The molecule has 2 nitrogen and oxygen atoms in total. The molecule has 2 aliphatic rings. The summed E-state index contributed by atoms with van der Waals surface area (Å²) in [4.78, 5) is 4.97. The molecule has 0 radical (unpaired) electrons. The Bertz CT molecular complexity index is 3770. The lowest BCUT2D eigenvalue weighted by Crippen LogP contribution is -2.30. The molecular weight excluding hydrogens is 889 g/mol. The van der Waals surface area contributed by atoms with E-state index in [1.807, 2.05) is 11.3 Å².